The van der Waals surface area contributed by atoms with Crippen molar-refractivity contribution in [1.82, 2.24) is 4.90 Å². The van der Waals surface area contributed by atoms with E-state index in [0.717, 1.165) is 29.8 Å². The number of allylic oxidation sites excluding steroid dienone is 3. The van der Waals surface area contributed by atoms with E-state index >= 15 is 0 Å². The quantitative estimate of drug-likeness (QED) is 0.795. The lowest BCUT2D eigenvalue weighted by Gasteiger charge is -2.35. The number of piperidine rings is 1. The Bertz CT molecular complexity index is 708. The van der Waals surface area contributed by atoms with Gasteiger partial charge in [-0.05, 0) is 48.9 Å². The minimum atomic E-state index is -2.01. The van der Waals surface area contributed by atoms with Crippen molar-refractivity contribution in [3.8, 4) is 0 Å². The van der Waals surface area contributed by atoms with Crippen LogP contribution in [-0.2, 0) is 11.1 Å². The van der Waals surface area contributed by atoms with Crippen molar-refractivity contribution < 1.29 is 8.76 Å². The summed E-state index contributed by atoms with van der Waals surface area (Å²) in [5.41, 5.74) is 2.98. The average molecular weight is 372 g/mol. The van der Waals surface area contributed by atoms with E-state index in [0.29, 0.717) is 15.0 Å². The SMILES string of the molecule is C=C(Cl)/C=C1\C(=C(/C)Cl)CN(C)C[C@H]1c1cccc(S(=O)O)c1. The van der Waals surface area contributed by atoms with Gasteiger partial charge in [0.1, 0.15) is 0 Å². The van der Waals surface area contributed by atoms with E-state index in [2.05, 4.69) is 11.5 Å². The van der Waals surface area contributed by atoms with Gasteiger partial charge in [-0.25, -0.2) is 4.21 Å². The minimum Gasteiger partial charge on any atom is -0.302 e. The molecule has 0 amide bonds. The smallest absolute Gasteiger partial charge is 0.186 e. The van der Waals surface area contributed by atoms with Crippen LogP contribution in [0.5, 0.6) is 0 Å². The van der Waals surface area contributed by atoms with Crippen LogP contribution in [0, 0.1) is 0 Å². The van der Waals surface area contributed by atoms with Crippen molar-refractivity contribution in [3.63, 3.8) is 0 Å². The Hall–Kier alpha value is -0.910. The van der Waals surface area contributed by atoms with Crippen LogP contribution in [0.15, 0.2) is 63.0 Å². The third-order valence-electron chi connectivity index (χ3n) is 3.84. The monoisotopic (exact) mass is 371 g/mol. The molecule has 2 atom stereocenters. The highest BCUT2D eigenvalue weighted by atomic mass is 35.5. The van der Waals surface area contributed by atoms with Gasteiger partial charge in [-0.3, -0.25) is 0 Å². The largest absolute Gasteiger partial charge is 0.302 e. The summed E-state index contributed by atoms with van der Waals surface area (Å²) in [4.78, 5) is 2.55. The van der Waals surface area contributed by atoms with Crippen molar-refractivity contribution in [2.75, 3.05) is 20.1 Å². The number of rotatable bonds is 3. The summed E-state index contributed by atoms with van der Waals surface area (Å²) in [7, 11) is 2.02. The van der Waals surface area contributed by atoms with Gasteiger partial charge in [0, 0.05) is 29.1 Å². The second kappa shape index (κ2) is 7.77. The fraction of sp³-hybridized carbons (Fsp3) is 0.294. The second-order valence-corrected chi connectivity index (χ2v) is 7.65. The molecule has 0 bridgehead atoms. The van der Waals surface area contributed by atoms with E-state index in [-0.39, 0.29) is 5.92 Å². The number of nitrogens with zero attached hydrogens (tertiary/aromatic N) is 1. The van der Waals surface area contributed by atoms with Crippen LogP contribution in [0.1, 0.15) is 18.4 Å². The van der Waals surface area contributed by atoms with Crippen molar-refractivity contribution >= 4 is 34.3 Å². The maximum absolute atomic E-state index is 11.4. The van der Waals surface area contributed by atoms with Crippen LogP contribution in [0.2, 0.25) is 0 Å². The molecule has 1 aromatic carbocycles. The molecular weight excluding hydrogens is 353 g/mol. The van der Waals surface area contributed by atoms with Crippen LogP contribution in [-0.4, -0.2) is 33.8 Å². The van der Waals surface area contributed by atoms with Crippen molar-refractivity contribution in [2.45, 2.75) is 17.7 Å². The Morgan fingerprint density at radius 2 is 2.17 bits per heavy atom. The highest BCUT2D eigenvalue weighted by molar-refractivity contribution is 7.79. The van der Waals surface area contributed by atoms with E-state index in [1.807, 2.05) is 26.1 Å². The van der Waals surface area contributed by atoms with Gasteiger partial charge in [0.2, 0.25) is 0 Å². The molecule has 2 rings (SSSR count). The predicted octanol–water partition coefficient (Wildman–Crippen LogP) is 4.49. The first-order valence-corrected chi connectivity index (χ1v) is 8.97. The Morgan fingerprint density at radius 1 is 1.48 bits per heavy atom. The molecule has 1 aromatic rings. The normalized spacial score (nSPS) is 24.6. The number of likely N-dealkylation sites (N-methyl/N-ethyl adjacent to an activating group) is 1. The Morgan fingerprint density at radius 3 is 2.74 bits per heavy atom. The van der Waals surface area contributed by atoms with Crippen molar-refractivity contribution in [3.05, 3.63) is 63.7 Å². The molecule has 1 aliphatic heterocycles. The molecule has 0 aromatic heterocycles. The maximum atomic E-state index is 11.4. The predicted molar refractivity (Wildman–Crippen MR) is 97.3 cm³/mol. The van der Waals surface area contributed by atoms with Crippen LogP contribution in [0.3, 0.4) is 0 Å². The molecule has 1 N–H and O–H groups in total. The summed E-state index contributed by atoms with van der Waals surface area (Å²) in [5, 5.41) is 1.15. The molecule has 6 heteroatoms. The Balaban J connectivity index is 2.56. The summed E-state index contributed by atoms with van der Waals surface area (Å²) in [6.45, 7) is 7.11. The summed E-state index contributed by atoms with van der Waals surface area (Å²) in [6.07, 6.45) is 1.84. The molecule has 1 aliphatic rings. The maximum Gasteiger partial charge on any atom is 0.186 e. The molecule has 0 radical (unpaired) electrons. The van der Waals surface area contributed by atoms with Gasteiger partial charge in [-0.15, -0.1) is 0 Å². The zero-order chi connectivity index (χ0) is 17.1. The Kier molecular flexibility index (Phi) is 6.23. The van der Waals surface area contributed by atoms with Gasteiger partial charge >= 0.3 is 0 Å². The zero-order valence-corrected chi connectivity index (χ0v) is 15.4. The molecule has 0 aliphatic carbocycles. The van der Waals surface area contributed by atoms with Crippen molar-refractivity contribution in [1.29, 1.82) is 0 Å². The van der Waals surface area contributed by atoms with Gasteiger partial charge in [0.15, 0.2) is 11.1 Å². The number of hydrogen-bond donors (Lipinski definition) is 1. The highest BCUT2D eigenvalue weighted by Crippen LogP contribution is 2.38. The zero-order valence-electron chi connectivity index (χ0n) is 13.1. The number of hydrogen-bond acceptors (Lipinski definition) is 2. The minimum absolute atomic E-state index is 0.0106. The lowest BCUT2D eigenvalue weighted by Crippen LogP contribution is -2.34. The summed E-state index contributed by atoms with van der Waals surface area (Å²) < 4.78 is 20.7. The molecule has 3 nitrogen and oxygen atoms in total. The molecule has 1 heterocycles. The fourth-order valence-corrected chi connectivity index (χ4v) is 3.55. The average Bonchev–Trinajstić information content (AvgIpc) is 2.48. The number of likely N-dealkylation sites (tertiary alicyclic amines) is 1. The first-order valence-electron chi connectivity index (χ1n) is 7.10. The molecular formula is C17H19Cl2NO2S. The van der Waals surface area contributed by atoms with Crippen LogP contribution in [0.25, 0.3) is 0 Å². The molecule has 1 unspecified atom stereocenters. The second-order valence-electron chi connectivity index (χ2n) is 5.63. The first kappa shape index (κ1) is 18.4. The van der Waals surface area contributed by atoms with Crippen LogP contribution in [0.4, 0.5) is 0 Å². The molecule has 124 valence electrons. The fourth-order valence-electron chi connectivity index (χ4n) is 2.84. The van der Waals surface area contributed by atoms with E-state index in [1.54, 1.807) is 18.2 Å². The molecule has 0 saturated carbocycles. The Labute approximate surface area is 149 Å². The van der Waals surface area contributed by atoms with Crippen molar-refractivity contribution in [2.24, 2.45) is 0 Å². The van der Waals surface area contributed by atoms with Gasteiger partial charge in [-0.2, -0.15) is 0 Å². The topological polar surface area (TPSA) is 40.5 Å². The lowest BCUT2D eigenvalue weighted by molar-refractivity contribution is 0.325. The van der Waals surface area contributed by atoms with Gasteiger partial charge in [0.05, 0.1) is 4.90 Å². The third kappa shape index (κ3) is 4.55. The van der Waals surface area contributed by atoms with Gasteiger partial charge < -0.3 is 9.45 Å². The number of benzene rings is 1. The van der Waals surface area contributed by atoms with Gasteiger partial charge in [0.25, 0.3) is 0 Å². The van der Waals surface area contributed by atoms with E-state index in [4.69, 9.17) is 23.2 Å². The summed E-state index contributed by atoms with van der Waals surface area (Å²) >= 11 is 10.3. The molecule has 1 saturated heterocycles. The molecule has 0 spiro atoms. The van der Waals surface area contributed by atoms with Crippen LogP contribution < -0.4 is 0 Å². The third-order valence-corrected chi connectivity index (χ3v) is 4.83. The standard InChI is InChI=1S/C17H19Cl2NO2S/c1-11(18)7-15-16(12(2)19)9-20(3)10-17(15)13-5-4-6-14(8-13)23(21)22/h4-8,17H,1,9-10H2,2-3H3,(H,21,22)/b15-7+,16-12+/t17-/m0/s1. The van der Waals surface area contributed by atoms with Crippen LogP contribution >= 0.6 is 23.2 Å². The summed E-state index contributed by atoms with van der Waals surface area (Å²) in [6, 6.07) is 7.13. The highest BCUT2D eigenvalue weighted by Gasteiger charge is 2.28. The first-order chi connectivity index (χ1) is 10.8. The van der Waals surface area contributed by atoms with E-state index in [9.17, 15) is 8.76 Å². The van der Waals surface area contributed by atoms with E-state index in [1.165, 1.54) is 0 Å². The lowest BCUT2D eigenvalue weighted by atomic mass is 9.82. The molecule has 1 fully saturated rings. The summed E-state index contributed by atoms with van der Waals surface area (Å²) in [5.74, 6) is 0.0106. The van der Waals surface area contributed by atoms with E-state index < -0.39 is 11.1 Å². The molecule has 23 heavy (non-hydrogen) atoms. The van der Waals surface area contributed by atoms with Gasteiger partial charge in [-0.1, -0.05) is 41.9 Å². The number of halogens is 2.